The lowest BCUT2D eigenvalue weighted by Gasteiger charge is -2.13. The normalized spacial score (nSPS) is 11.2. The van der Waals surface area contributed by atoms with Gasteiger partial charge in [-0.05, 0) is 57.7 Å². The second-order valence-corrected chi connectivity index (χ2v) is 6.54. The Morgan fingerprint density at radius 2 is 1.68 bits per heavy atom. The van der Waals surface area contributed by atoms with Crippen molar-refractivity contribution in [2.24, 2.45) is 4.99 Å². The third kappa shape index (κ3) is 14.0. The molecule has 0 atom stereocenters. The molecular formula is C21H38IN3O3. The van der Waals surface area contributed by atoms with Gasteiger partial charge < -0.3 is 24.8 Å². The minimum Gasteiger partial charge on any atom is -0.497 e. The minimum absolute atomic E-state index is 0. The highest BCUT2D eigenvalue weighted by atomic mass is 127. The number of methoxy groups -OCH3 is 1. The molecule has 2 N–H and O–H groups in total. The lowest BCUT2D eigenvalue weighted by Crippen LogP contribution is -2.38. The number of nitrogens with zero attached hydrogens (tertiary/aromatic N) is 1. The molecule has 0 fully saturated rings. The maximum atomic E-state index is 5.58. The third-order valence-electron chi connectivity index (χ3n) is 3.86. The zero-order valence-electron chi connectivity index (χ0n) is 17.8. The summed E-state index contributed by atoms with van der Waals surface area (Å²) < 4.78 is 16.2. The van der Waals surface area contributed by atoms with E-state index < -0.39 is 0 Å². The Morgan fingerprint density at radius 3 is 2.29 bits per heavy atom. The molecule has 0 saturated heterocycles. The van der Waals surface area contributed by atoms with Crippen LogP contribution >= 0.6 is 24.0 Å². The lowest BCUT2D eigenvalue weighted by atomic mass is 10.2. The number of guanidine groups is 1. The first-order chi connectivity index (χ1) is 13.2. The minimum atomic E-state index is 0. The van der Waals surface area contributed by atoms with Crippen LogP contribution in [0, 0.1) is 0 Å². The highest BCUT2D eigenvalue weighted by Gasteiger charge is 2.00. The number of rotatable bonds is 14. The fraction of sp³-hybridized carbons (Fsp3) is 0.667. The van der Waals surface area contributed by atoms with Gasteiger partial charge in [0.15, 0.2) is 5.96 Å². The second kappa shape index (κ2) is 18.0. The topological polar surface area (TPSA) is 64.1 Å². The van der Waals surface area contributed by atoms with Crippen LogP contribution in [-0.2, 0) is 16.0 Å². The Labute approximate surface area is 187 Å². The Balaban J connectivity index is 0.00000729. The van der Waals surface area contributed by atoms with Crippen molar-refractivity contribution in [2.75, 3.05) is 40.0 Å². The van der Waals surface area contributed by atoms with Crippen LogP contribution in [0.15, 0.2) is 29.3 Å². The molecule has 1 aromatic carbocycles. The largest absolute Gasteiger partial charge is 0.497 e. The summed E-state index contributed by atoms with van der Waals surface area (Å²) >= 11 is 0. The van der Waals surface area contributed by atoms with Crippen molar-refractivity contribution in [2.45, 2.75) is 52.7 Å². The van der Waals surface area contributed by atoms with Gasteiger partial charge in [-0.15, -0.1) is 24.0 Å². The zero-order valence-corrected chi connectivity index (χ0v) is 20.2. The smallest absolute Gasteiger partial charge is 0.191 e. The van der Waals surface area contributed by atoms with E-state index in [0.717, 1.165) is 69.4 Å². The Bertz CT molecular complexity index is 510. The van der Waals surface area contributed by atoms with E-state index >= 15 is 0 Å². The number of benzene rings is 1. The molecule has 1 aromatic rings. The monoisotopic (exact) mass is 507 g/mol. The van der Waals surface area contributed by atoms with Gasteiger partial charge in [0.2, 0.25) is 0 Å². The van der Waals surface area contributed by atoms with Gasteiger partial charge in [-0.3, -0.25) is 0 Å². The van der Waals surface area contributed by atoms with Crippen LogP contribution in [0.4, 0.5) is 0 Å². The van der Waals surface area contributed by atoms with Crippen LogP contribution < -0.4 is 15.4 Å². The lowest BCUT2D eigenvalue weighted by molar-refractivity contribution is 0.0762. The molecule has 7 heteroatoms. The fourth-order valence-electron chi connectivity index (χ4n) is 2.35. The molecule has 6 nitrogen and oxygen atoms in total. The highest BCUT2D eigenvalue weighted by molar-refractivity contribution is 14.0. The molecular weight excluding hydrogens is 469 g/mol. The summed E-state index contributed by atoms with van der Waals surface area (Å²) in [7, 11) is 1.67. The molecule has 0 unspecified atom stereocenters. The van der Waals surface area contributed by atoms with Gasteiger partial charge in [0.05, 0.1) is 19.8 Å². The Kier molecular flexibility index (Phi) is 17.3. The van der Waals surface area contributed by atoms with Crippen LogP contribution in [0.25, 0.3) is 0 Å². The van der Waals surface area contributed by atoms with E-state index in [9.17, 15) is 0 Å². The van der Waals surface area contributed by atoms with Crippen molar-refractivity contribution in [3.8, 4) is 5.75 Å². The van der Waals surface area contributed by atoms with Crippen LogP contribution in [0.2, 0.25) is 0 Å². The summed E-state index contributed by atoms with van der Waals surface area (Å²) in [5, 5.41) is 6.79. The standard InChI is InChI=1S/C21H37N3O3.HI/c1-5-26-15-8-14-23-21(22-13-6-7-16-27-18(2)3)24-17-19-9-11-20(25-4)12-10-19;/h9-12,18H,5-8,13-17H2,1-4H3,(H2,22,23,24);1H. The van der Waals surface area contributed by atoms with Crippen molar-refractivity contribution in [1.29, 1.82) is 0 Å². The second-order valence-electron chi connectivity index (χ2n) is 6.54. The quantitative estimate of drug-likeness (QED) is 0.173. The molecule has 0 bridgehead atoms. The van der Waals surface area contributed by atoms with E-state index in [2.05, 4.69) is 24.5 Å². The highest BCUT2D eigenvalue weighted by Crippen LogP contribution is 2.11. The number of hydrogen-bond acceptors (Lipinski definition) is 4. The zero-order chi connectivity index (χ0) is 19.7. The molecule has 28 heavy (non-hydrogen) atoms. The van der Waals surface area contributed by atoms with Crippen molar-refractivity contribution in [1.82, 2.24) is 10.6 Å². The molecule has 0 heterocycles. The van der Waals surface area contributed by atoms with Crippen LogP contribution in [0.5, 0.6) is 5.75 Å². The van der Waals surface area contributed by atoms with Gasteiger partial charge in [-0.2, -0.15) is 0 Å². The number of unbranched alkanes of at least 4 members (excludes halogenated alkanes) is 1. The van der Waals surface area contributed by atoms with E-state index in [4.69, 9.17) is 19.2 Å². The summed E-state index contributed by atoms with van der Waals surface area (Å²) in [4.78, 5) is 4.69. The maximum absolute atomic E-state index is 5.58. The first-order valence-electron chi connectivity index (χ1n) is 10.00. The van der Waals surface area contributed by atoms with Crippen molar-refractivity contribution in [3.63, 3.8) is 0 Å². The van der Waals surface area contributed by atoms with Crippen LogP contribution in [0.1, 0.15) is 45.6 Å². The van der Waals surface area contributed by atoms with Crippen molar-refractivity contribution >= 4 is 29.9 Å². The van der Waals surface area contributed by atoms with Crippen molar-refractivity contribution in [3.05, 3.63) is 29.8 Å². The average molecular weight is 507 g/mol. The predicted molar refractivity (Wildman–Crippen MR) is 127 cm³/mol. The molecule has 162 valence electrons. The van der Waals surface area contributed by atoms with Crippen LogP contribution in [0.3, 0.4) is 0 Å². The number of aliphatic imine (C=N–C) groups is 1. The summed E-state index contributed by atoms with van der Waals surface area (Å²) in [6.45, 7) is 10.8. The molecule has 0 radical (unpaired) electrons. The summed E-state index contributed by atoms with van der Waals surface area (Å²) in [6, 6.07) is 8.00. The van der Waals surface area contributed by atoms with E-state index in [1.165, 1.54) is 0 Å². The van der Waals surface area contributed by atoms with E-state index in [1.807, 2.05) is 31.2 Å². The van der Waals surface area contributed by atoms with Gasteiger partial charge in [0.25, 0.3) is 0 Å². The molecule has 0 spiro atoms. The molecule has 0 aromatic heterocycles. The summed E-state index contributed by atoms with van der Waals surface area (Å²) in [6.07, 6.45) is 3.35. The van der Waals surface area contributed by atoms with E-state index in [0.29, 0.717) is 12.6 Å². The molecule has 0 aliphatic carbocycles. The SMILES string of the molecule is CCOCCCNC(=NCc1ccc(OC)cc1)NCCCCOC(C)C.I. The Morgan fingerprint density at radius 1 is 1.00 bits per heavy atom. The predicted octanol–water partition coefficient (Wildman–Crippen LogP) is 3.98. The van der Waals surface area contributed by atoms with Gasteiger partial charge >= 0.3 is 0 Å². The fourth-order valence-corrected chi connectivity index (χ4v) is 2.35. The van der Waals surface area contributed by atoms with Gasteiger partial charge in [0, 0.05) is 32.9 Å². The maximum Gasteiger partial charge on any atom is 0.191 e. The first kappa shape index (κ1) is 26.9. The molecule has 1 rings (SSSR count). The Hall–Kier alpha value is -1.06. The van der Waals surface area contributed by atoms with E-state index in [-0.39, 0.29) is 24.0 Å². The number of hydrogen-bond donors (Lipinski definition) is 2. The molecule has 0 aliphatic heterocycles. The van der Waals surface area contributed by atoms with Gasteiger partial charge in [0.1, 0.15) is 5.75 Å². The first-order valence-corrected chi connectivity index (χ1v) is 10.00. The molecule has 0 amide bonds. The van der Waals surface area contributed by atoms with Crippen LogP contribution in [-0.4, -0.2) is 52.1 Å². The number of halogens is 1. The van der Waals surface area contributed by atoms with Gasteiger partial charge in [-0.25, -0.2) is 4.99 Å². The summed E-state index contributed by atoms with van der Waals surface area (Å²) in [5.41, 5.74) is 1.15. The molecule has 0 saturated carbocycles. The van der Waals surface area contributed by atoms with Gasteiger partial charge in [-0.1, -0.05) is 12.1 Å². The number of nitrogens with one attached hydrogen (secondary N) is 2. The number of ether oxygens (including phenoxy) is 3. The van der Waals surface area contributed by atoms with E-state index in [1.54, 1.807) is 7.11 Å². The third-order valence-corrected chi connectivity index (χ3v) is 3.86. The van der Waals surface area contributed by atoms with Crippen molar-refractivity contribution < 1.29 is 14.2 Å². The summed E-state index contributed by atoms with van der Waals surface area (Å²) in [5.74, 6) is 1.70. The average Bonchev–Trinajstić information content (AvgIpc) is 2.68. The molecule has 0 aliphatic rings.